The van der Waals surface area contributed by atoms with Crippen molar-refractivity contribution in [1.29, 1.82) is 0 Å². The summed E-state index contributed by atoms with van der Waals surface area (Å²) in [4.78, 5) is 0.527. The monoisotopic (exact) mass is 237 g/mol. The van der Waals surface area contributed by atoms with Crippen molar-refractivity contribution in [3.8, 4) is 0 Å². The van der Waals surface area contributed by atoms with Crippen LogP contribution in [0.1, 0.15) is 30.9 Å². The summed E-state index contributed by atoms with van der Waals surface area (Å²) in [5, 5.41) is 3.52. The minimum absolute atomic E-state index is 0.229. The zero-order chi connectivity index (χ0) is 11.2. The van der Waals surface area contributed by atoms with Gasteiger partial charge in [-0.1, -0.05) is 18.2 Å². The predicted octanol–water partition coefficient (Wildman–Crippen LogP) is 1.66. The summed E-state index contributed by atoms with van der Waals surface area (Å²) in [5.41, 5.74) is 0.959. The van der Waals surface area contributed by atoms with E-state index < -0.39 is 9.84 Å². The molecule has 3 nitrogen and oxygen atoms in total. The van der Waals surface area contributed by atoms with E-state index in [1.165, 1.54) is 12.8 Å². The van der Waals surface area contributed by atoms with Gasteiger partial charge in [0.2, 0.25) is 0 Å². The summed E-state index contributed by atoms with van der Waals surface area (Å²) >= 11 is 0. The highest BCUT2D eigenvalue weighted by molar-refractivity contribution is 7.91. The number of rotatable bonds is 2. The number of sulfone groups is 1. The standard InChI is InChI=1S/C12H15NO2S/c14-16(15)8-7-11(13-9-5-6-9)10-3-1-2-4-12(10)16/h1-4,9,11,13H,5-8H2. The first-order chi connectivity index (χ1) is 7.67. The maximum absolute atomic E-state index is 11.9. The first-order valence-corrected chi connectivity index (χ1v) is 7.40. The van der Waals surface area contributed by atoms with E-state index in [0.717, 1.165) is 5.56 Å². The molecule has 1 saturated carbocycles. The van der Waals surface area contributed by atoms with Crippen LogP contribution in [-0.2, 0) is 9.84 Å². The van der Waals surface area contributed by atoms with Gasteiger partial charge >= 0.3 is 0 Å². The molecule has 1 aliphatic carbocycles. The maximum Gasteiger partial charge on any atom is 0.178 e. The third-order valence-corrected chi connectivity index (χ3v) is 5.13. The van der Waals surface area contributed by atoms with Crippen LogP contribution in [0, 0.1) is 0 Å². The van der Waals surface area contributed by atoms with E-state index in [-0.39, 0.29) is 11.8 Å². The van der Waals surface area contributed by atoms with Gasteiger partial charge < -0.3 is 5.32 Å². The van der Waals surface area contributed by atoms with Gasteiger partial charge in [0, 0.05) is 12.1 Å². The lowest BCUT2D eigenvalue weighted by Gasteiger charge is -2.26. The van der Waals surface area contributed by atoms with Gasteiger partial charge in [-0.3, -0.25) is 0 Å². The molecule has 0 bridgehead atoms. The summed E-state index contributed by atoms with van der Waals surface area (Å²) in [5.74, 6) is 0.272. The second-order valence-corrected chi connectivity index (χ2v) is 6.72. The van der Waals surface area contributed by atoms with E-state index in [4.69, 9.17) is 0 Å². The van der Waals surface area contributed by atoms with E-state index in [9.17, 15) is 8.42 Å². The lowest BCUT2D eigenvalue weighted by molar-refractivity contribution is 0.489. The average Bonchev–Trinajstić information content (AvgIpc) is 3.07. The summed E-state index contributed by atoms with van der Waals surface area (Å²) in [6, 6.07) is 8.22. The predicted molar refractivity (Wildman–Crippen MR) is 62.0 cm³/mol. The first kappa shape index (κ1) is 10.3. The molecule has 0 amide bonds. The second kappa shape index (κ2) is 3.57. The Balaban J connectivity index is 2.00. The molecule has 1 aromatic carbocycles. The zero-order valence-corrected chi connectivity index (χ0v) is 9.83. The number of benzene rings is 1. The Bertz CT molecular complexity index is 506. The minimum Gasteiger partial charge on any atom is -0.307 e. The first-order valence-electron chi connectivity index (χ1n) is 5.74. The summed E-state index contributed by atoms with van der Waals surface area (Å²) in [6.07, 6.45) is 3.16. The number of nitrogens with one attached hydrogen (secondary N) is 1. The smallest absolute Gasteiger partial charge is 0.178 e. The van der Waals surface area contributed by atoms with Gasteiger partial charge in [-0.2, -0.15) is 0 Å². The fourth-order valence-electron chi connectivity index (χ4n) is 2.30. The van der Waals surface area contributed by atoms with E-state index in [1.807, 2.05) is 12.1 Å². The molecule has 1 aromatic rings. The van der Waals surface area contributed by atoms with Gasteiger partial charge in [-0.05, 0) is 30.9 Å². The van der Waals surface area contributed by atoms with Crippen molar-refractivity contribution < 1.29 is 8.42 Å². The molecule has 16 heavy (non-hydrogen) atoms. The van der Waals surface area contributed by atoms with Crippen molar-refractivity contribution in [2.75, 3.05) is 5.75 Å². The lowest BCUT2D eigenvalue weighted by atomic mass is 10.0. The highest BCUT2D eigenvalue weighted by Crippen LogP contribution is 2.34. The van der Waals surface area contributed by atoms with Crippen LogP contribution in [0.2, 0.25) is 0 Å². The van der Waals surface area contributed by atoms with Crippen molar-refractivity contribution in [3.05, 3.63) is 29.8 Å². The molecule has 86 valence electrons. The largest absolute Gasteiger partial charge is 0.307 e. The molecule has 4 heteroatoms. The molecule has 0 spiro atoms. The van der Waals surface area contributed by atoms with Crippen LogP contribution >= 0.6 is 0 Å². The molecule has 0 radical (unpaired) electrons. The van der Waals surface area contributed by atoms with E-state index in [0.29, 0.717) is 17.4 Å². The molecule has 1 heterocycles. The number of hydrogen-bond acceptors (Lipinski definition) is 3. The lowest BCUT2D eigenvalue weighted by Crippen LogP contribution is -2.30. The topological polar surface area (TPSA) is 46.2 Å². The molecule has 2 aliphatic rings. The van der Waals surface area contributed by atoms with Crippen LogP contribution < -0.4 is 5.32 Å². The van der Waals surface area contributed by atoms with Crippen molar-refractivity contribution >= 4 is 9.84 Å². The molecule has 0 aromatic heterocycles. The van der Waals surface area contributed by atoms with Gasteiger partial charge in [0.1, 0.15) is 0 Å². The average molecular weight is 237 g/mol. The quantitative estimate of drug-likeness (QED) is 0.851. The third kappa shape index (κ3) is 1.76. The van der Waals surface area contributed by atoms with E-state index in [2.05, 4.69) is 5.32 Å². The summed E-state index contributed by atoms with van der Waals surface area (Å²) < 4.78 is 23.8. The Kier molecular flexibility index (Phi) is 2.30. The van der Waals surface area contributed by atoms with Gasteiger partial charge in [-0.25, -0.2) is 8.42 Å². The van der Waals surface area contributed by atoms with Gasteiger partial charge in [0.05, 0.1) is 10.6 Å². The molecule has 1 N–H and O–H groups in total. The van der Waals surface area contributed by atoms with Gasteiger partial charge in [0.15, 0.2) is 9.84 Å². The maximum atomic E-state index is 11.9. The summed E-state index contributed by atoms with van der Waals surface area (Å²) in [6.45, 7) is 0. The second-order valence-electron chi connectivity index (χ2n) is 4.64. The number of hydrogen-bond donors (Lipinski definition) is 1. The van der Waals surface area contributed by atoms with Crippen LogP contribution in [0.3, 0.4) is 0 Å². The Morgan fingerprint density at radius 1 is 1.12 bits per heavy atom. The summed E-state index contributed by atoms with van der Waals surface area (Å²) in [7, 11) is -3.03. The van der Waals surface area contributed by atoms with E-state index >= 15 is 0 Å². The molecule has 0 saturated heterocycles. The van der Waals surface area contributed by atoms with Crippen molar-refractivity contribution in [2.24, 2.45) is 0 Å². The van der Waals surface area contributed by atoms with Crippen LogP contribution in [0.25, 0.3) is 0 Å². The Morgan fingerprint density at radius 2 is 1.88 bits per heavy atom. The molecule has 3 rings (SSSR count). The van der Waals surface area contributed by atoms with E-state index in [1.54, 1.807) is 12.1 Å². The molecule has 1 fully saturated rings. The Hall–Kier alpha value is -0.870. The highest BCUT2D eigenvalue weighted by Gasteiger charge is 2.33. The van der Waals surface area contributed by atoms with Crippen molar-refractivity contribution in [3.63, 3.8) is 0 Å². The van der Waals surface area contributed by atoms with Crippen LogP contribution in [0.15, 0.2) is 29.2 Å². The SMILES string of the molecule is O=S1(=O)CCC(NC2CC2)c2ccccc21. The Morgan fingerprint density at radius 3 is 2.62 bits per heavy atom. The van der Waals surface area contributed by atoms with Crippen LogP contribution in [-0.4, -0.2) is 20.2 Å². The van der Waals surface area contributed by atoms with Crippen LogP contribution in [0.4, 0.5) is 0 Å². The molecule has 1 atom stereocenters. The third-order valence-electron chi connectivity index (χ3n) is 3.32. The molecule has 1 unspecified atom stereocenters. The molecular weight excluding hydrogens is 222 g/mol. The van der Waals surface area contributed by atoms with Crippen LogP contribution in [0.5, 0.6) is 0 Å². The molecule has 1 aliphatic heterocycles. The molecular formula is C12H15NO2S. The highest BCUT2D eigenvalue weighted by atomic mass is 32.2. The minimum atomic E-state index is -3.03. The zero-order valence-electron chi connectivity index (χ0n) is 9.02. The van der Waals surface area contributed by atoms with Crippen molar-refractivity contribution in [2.45, 2.75) is 36.2 Å². The van der Waals surface area contributed by atoms with Gasteiger partial charge in [-0.15, -0.1) is 0 Å². The number of fused-ring (bicyclic) bond motifs is 1. The fourth-order valence-corrected chi connectivity index (χ4v) is 3.92. The Labute approximate surface area is 95.8 Å². The van der Waals surface area contributed by atoms with Crippen molar-refractivity contribution in [1.82, 2.24) is 5.32 Å². The van der Waals surface area contributed by atoms with Gasteiger partial charge in [0.25, 0.3) is 0 Å². The fraction of sp³-hybridized carbons (Fsp3) is 0.500. The normalized spacial score (nSPS) is 27.4.